The molecule has 3 nitrogen and oxygen atoms in total. The first-order chi connectivity index (χ1) is 9.20. The summed E-state index contributed by atoms with van der Waals surface area (Å²) in [4.78, 5) is 1.14. The summed E-state index contributed by atoms with van der Waals surface area (Å²) in [6.07, 6.45) is 2.69. The lowest BCUT2D eigenvalue weighted by Crippen LogP contribution is -2.17. The van der Waals surface area contributed by atoms with E-state index in [1.54, 1.807) is 28.9 Å². The minimum atomic E-state index is -0.203. The average Bonchev–Trinajstić information content (AvgIpc) is 3.03. The van der Waals surface area contributed by atoms with E-state index in [0.717, 1.165) is 23.5 Å². The van der Waals surface area contributed by atoms with Crippen molar-refractivity contribution >= 4 is 43.7 Å². The second kappa shape index (κ2) is 5.25. The highest BCUT2D eigenvalue weighted by Gasteiger charge is 2.20. The van der Waals surface area contributed by atoms with Crippen LogP contribution in [0, 0.1) is 0 Å². The van der Waals surface area contributed by atoms with E-state index >= 15 is 0 Å². The zero-order chi connectivity index (χ0) is 13.4. The molecule has 3 aromatic heterocycles. The van der Waals surface area contributed by atoms with Crippen LogP contribution in [-0.4, -0.2) is 9.78 Å². The standard InChI is InChI=1S/C13H14ClN3S2/c1-2-4-17-13(8(14)7-16-17)12(15)11-6-10-9(19-11)3-5-18-10/h3,5-7,12H,2,4,15H2,1H3. The zero-order valence-electron chi connectivity index (χ0n) is 10.5. The molecule has 3 heterocycles. The summed E-state index contributed by atoms with van der Waals surface area (Å²) in [5.74, 6) is 0. The van der Waals surface area contributed by atoms with Crippen LogP contribution in [0.15, 0.2) is 23.7 Å². The largest absolute Gasteiger partial charge is 0.318 e. The van der Waals surface area contributed by atoms with Gasteiger partial charge in [-0.15, -0.1) is 22.7 Å². The number of aryl methyl sites for hydroxylation is 1. The van der Waals surface area contributed by atoms with Gasteiger partial charge in [0.15, 0.2) is 0 Å². The molecule has 0 aliphatic carbocycles. The maximum atomic E-state index is 6.39. The van der Waals surface area contributed by atoms with Crippen LogP contribution >= 0.6 is 34.3 Å². The van der Waals surface area contributed by atoms with Crippen molar-refractivity contribution in [2.24, 2.45) is 5.73 Å². The van der Waals surface area contributed by atoms with E-state index in [9.17, 15) is 0 Å². The van der Waals surface area contributed by atoms with Crippen molar-refractivity contribution in [2.45, 2.75) is 25.9 Å². The van der Waals surface area contributed by atoms with Gasteiger partial charge in [-0.1, -0.05) is 18.5 Å². The van der Waals surface area contributed by atoms with Crippen LogP contribution in [-0.2, 0) is 6.54 Å². The van der Waals surface area contributed by atoms with E-state index in [1.165, 1.54) is 9.40 Å². The van der Waals surface area contributed by atoms with Gasteiger partial charge in [0.25, 0.3) is 0 Å². The Morgan fingerprint density at radius 1 is 1.47 bits per heavy atom. The lowest BCUT2D eigenvalue weighted by molar-refractivity contribution is 0.561. The number of halogens is 1. The van der Waals surface area contributed by atoms with E-state index in [-0.39, 0.29) is 6.04 Å². The van der Waals surface area contributed by atoms with Gasteiger partial charge in [0.2, 0.25) is 0 Å². The number of hydrogen-bond donors (Lipinski definition) is 1. The van der Waals surface area contributed by atoms with Gasteiger partial charge in [0.05, 0.1) is 23.0 Å². The van der Waals surface area contributed by atoms with Crippen LogP contribution in [0.2, 0.25) is 5.02 Å². The molecule has 0 saturated carbocycles. The molecule has 3 aromatic rings. The lowest BCUT2D eigenvalue weighted by Gasteiger charge is -2.13. The third-order valence-corrected chi connectivity index (χ3v) is 5.50. The van der Waals surface area contributed by atoms with Gasteiger partial charge in [-0.25, -0.2) is 0 Å². The first-order valence-electron chi connectivity index (χ1n) is 6.14. The van der Waals surface area contributed by atoms with Gasteiger partial charge in [-0.2, -0.15) is 5.10 Å². The van der Waals surface area contributed by atoms with Crippen LogP contribution < -0.4 is 5.73 Å². The number of fused-ring (bicyclic) bond motifs is 1. The Hall–Kier alpha value is -0.880. The molecule has 1 atom stereocenters. The topological polar surface area (TPSA) is 43.8 Å². The zero-order valence-corrected chi connectivity index (χ0v) is 12.9. The van der Waals surface area contributed by atoms with Gasteiger partial charge in [0, 0.05) is 20.8 Å². The van der Waals surface area contributed by atoms with Gasteiger partial charge in [0.1, 0.15) is 0 Å². The van der Waals surface area contributed by atoms with E-state index in [4.69, 9.17) is 17.3 Å². The molecule has 0 aromatic carbocycles. The minimum absolute atomic E-state index is 0.203. The summed E-state index contributed by atoms with van der Waals surface area (Å²) in [7, 11) is 0. The van der Waals surface area contributed by atoms with Crippen molar-refractivity contribution in [3.05, 3.63) is 39.3 Å². The number of nitrogens with zero attached hydrogens (tertiary/aromatic N) is 2. The molecule has 0 amide bonds. The Bertz CT molecular complexity index is 669. The summed E-state index contributed by atoms with van der Waals surface area (Å²) in [6.45, 7) is 2.96. The summed E-state index contributed by atoms with van der Waals surface area (Å²) in [5.41, 5.74) is 7.30. The van der Waals surface area contributed by atoms with Crippen LogP contribution in [0.5, 0.6) is 0 Å². The molecule has 1 unspecified atom stereocenters. The average molecular weight is 312 g/mol. The molecule has 19 heavy (non-hydrogen) atoms. The highest BCUT2D eigenvalue weighted by Crippen LogP contribution is 2.36. The maximum absolute atomic E-state index is 6.39. The van der Waals surface area contributed by atoms with Crippen LogP contribution in [0.1, 0.15) is 30.0 Å². The van der Waals surface area contributed by atoms with E-state index in [1.807, 2.05) is 4.68 Å². The van der Waals surface area contributed by atoms with Crippen molar-refractivity contribution in [1.29, 1.82) is 0 Å². The third kappa shape index (κ3) is 2.31. The molecule has 100 valence electrons. The summed E-state index contributed by atoms with van der Waals surface area (Å²) in [5, 5.41) is 7.06. The highest BCUT2D eigenvalue weighted by molar-refractivity contribution is 7.27. The van der Waals surface area contributed by atoms with Crippen molar-refractivity contribution in [1.82, 2.24) is 9.78 Å². The molecule has 0 bridgehead atoms. The first-order valence-corrected chi connectivity index (χ1v) is 8.22. The molecular weight excluding hydrogens is 298 g/mol. The minimum Gasteiger partial charge on any atom is -0.318 e. The molecule has 3 rings (SSSR count). The van der Waals surface area contributed by atoms with Crippen LogP contribution in [0.4, 0.5) is 0 Å². The van der Waals surface area contributed by atoms with Crippen LogP contribution in [0.3, 0.4) is 0 Å². The molecule has 6 heteroatoms. The third-order valence-electron chi connectivity index (χ3n) is 3.03. The quantitative estimate of drug-likeness (QED) is 0.782. The highest BCUT2D eigenvalue weighted by atomic mass is 35.5. The molecule has 0 spiro atoms. The fraction of sp³-hybridized carbons (Fsp3) is 0.308. The maximum Gasteiger partial charge on any atom is 0.0837 e. The Labute approximate surface area is 124 Å². The fourth-order valence-corrected chi connectivity index (χ4v) is 4.53. The monoisotopic (exact) mass is 311 g/mol. The van der Waals surface area contributed by atoms with Gasteiger partial charge in [-0.3, -0.25) is 4.68 Å². The molecule has 0 aliphatic rings. The van der Waals surface area contributed by atoms with Crippen molar-refractivity contribution < 1.29 is 0 Å². The lowest BCUT2D eigenvalue weighted by atomic mass is 10.2. The molecule has 0 saturated heterocycles. The van der Waals surface area contributed by atoms with Crippen molar-refractivity contribution in [3.63, 3.8) is 0 Å². The second-order valence-corrected chi connectivity index (χ2v) is 6.85. The summed E-state index contributed by atoms with van der Waals surface area (Å²) < 4.78 is 4.49. The molecule has 0 aliphatic heterocycles. The Morgan fingerprint density at radius 2 is 2.32 bits per heavy atom. The van der Waals surface area contributed by atoms with Crippen molar-refractivity contribution in [2.75, 3.05) is 0 Å². The Morgan fingerprint density at radius 3 is 3.05 bits per heavy atom. The molecule has 0 fully saturated rings. The number of nitrogens with two attached hydrogens (primary N) is 1. The second-order valence-electron chi connectivity index (χ2n) is 4.38. The Kier molecular flexibility index (Phi) is 3.62. The number of thiophene rings is 2. The number of rotatable bonds is 4. The van der Waals surface area contributed by atoms with Crippen molar-refractivity contribution in [3.8, 4) is 0 Å². The number of hydrogen-bond acceptors (Lipinski definition) is 4. The predicted octanol–water partition coefficient (Wildman–Crippen LogP) is 4.27. The van der Waals surface area contributed by atoms with E-state index in [0.29, 0.717) is 5.02 Å². The number of aromatic nitrogens is 2. The van der Waals surface area contributed by atoms with Gasteiger partial charge < -0.3 is 5.73 Å². The van der Waals surface area contributed by atoms with Crippen LogP contribution in [0.25, 0.3) is 9.40 Å². The van der Waals surface area contributed by atoms with Gasteiger partial charge >= 0.3 is 0 Å². The van der Waals surface area contributed by atoms with E-state index in [2.05, 4.69) is 29.5 Å². The fourth-order valence-electron chi connectivity index (χ4n) is 2.14. The van der Waals surface area contributed by atoms with Gasteiger partial charge in [-0.05, 0) is 23.9 Å². The summed E-state index contributed by atoms with van der Waals surface area (Å²) in [6, 6.07) is 4.09. The predicted molar refractivity (Wildman–Crippen MR) is 83.3 cm³/mol. The first kappa shape index (κ1) is 13.1. The normalized spacial score (nSPS) is 13.2. The SMILES string of the molecule is CCCn1ncc(Cl)c1C(N)c1cc2sccc2s1. The Balaban J connectivity index is 2.01. The molecule has 2 N–H and O–H groups in total. The summed E-state index contributed by atoms with van der Waals surface area (Å²) >= 11 is 9.71. The molecule has 0 radical (unpaired) electrons. The molecular formula is C13H14ClN3S2. The van der Waals surface area contributed by atoms with E-state index < -0.39 is 0 Å². The smallest absolute Gasteiger partial charge is 0.0837 e.